The molecule has 0 aliphatic heterocycles. The lowest BCUT2D eigenvalue weighted by Gasteiger charge is -2.12. The van der Waals surface area contributed by atoms with Crippen LogP contribution in [0.5, 0.6) is 5.75 Å². The molecule has 6 nitrogen and oxygen atoms in total. The topological polar surface area (TPSA) is 95.4 Å². The summed E-state index contributed by atoms with van der Waals surface area (Å²) in [5.41, 5.74) is -1.47. The Hall–Kier alpha value is -3.13. The Labute approximate surface area is 175 Å². The molecular formula is C18H11F7N2O4S. The minimum Gasteiger partial charge on any atom is -0.406 e. The van der Waals surface area contributed by atoms with E-state index in [9.17, 15) is 39.2 Å². The number of aryl methyl sites for hydroxylation is 1. The summed E-state index contributed by atoms with van der Waals surface area (Å²) in [6, 6.07) is 3.76. The van der Waals surface area contributed by atoms with Gasteiger partial charge in [-0.1, -0.05) is 5.16 Å². The summed E-state index contributed by atoms with van der Waals surface area (Å²) in [5.74, 6) is -5.01. The number of ether oxygens (including phenoxy) is 1. The first-order valence-corrected chi connectivity index (χ1v) is 9.90. The molecule has 0 spiro atoms. The van der Waals surface area contributed by atoms with Crippen LogP contribution in [-0.2, 0) is 10.0 Å². The number of aromatic nitrogens is 1. The first kappa shape index (κ1) is 23.5. The van der Waals surface area contributed by atoms with Gasteiger partial charge < -0.3 is 9.26 Å². The van der Waals surface area contributed by atoms with Gasteiger partial charge in [0.05, 0.1) is 5.56 Å². The lowest BCUT2D eigenvalue weighted by atomic mass is 9.96. The molecule has 3 rings (SSSR count). The van der Waals surface area contributed by atoms with Crippen LogP contribution in [0.1, 0.15) is 17.7 Å². The molecule has 0 aliphatic rings. The number of hydrogen-bond acceptors (Lipinski definition) is 5. The van der Waals surface area contributed by atoms with Crippen molar-refractivity contribution < 1.29 is 48.4 Å². The SMILES string of the molecule is Cc1cc(OC(F)(F)F)ccc1-c1noc(C(F)F)c1-c1cc(F)c(S(N)(=O)=O)c(F)c1. The lowest BCUT2D eigenvalue weighted by Crippen LogP contribution is -2.17. The first-order valence-electron chi connectivity index (χ1n) is 8.35. The van der Waals surface area contributed by atoms with Gasteiger partial charge in [-0.25, -0.2) is 31.1 Å². The van der Waals surface area contributed by atoms with Gasteiger partial charge in [0.15, 0.2) is 4.90 Å². The zero-order valence-electron chi connectivity index (χ0n) is 15.7. The maximum absolute atomic E-state index is 14.3. The molecule has 1 aromatic heterocycles. The first-order chi connectivity index (χ1) is 14.7. The van der Waals surface area contributed by atoms with Crippen LogP contribution in [0.4, 0.5) is 30.7 Å². The summed E-state index contributed by atoms with van der Waals surface area (Å²) < 4.78 is 124. The van der Waals surface area contributed by atoms with Crippen LogP contribution in [0.3, 0.4) is 0 Å². The molecule has 2 aromatic carbocycles. The predicted octanol–water partition coefficient (Wildman–Crippen LogP) is 5.08. The van der Waals surface area contributed by atoms with E-state index in [0.717, 1.165) is 18.2 Å². The third-order valence-corrected chi connectivity index (χ3v) is 5.13. The smallest absolute Gasteiger partial charge is 0.406 e. The molecule has 0 saturated carbocycles. The van der Waals surface area contributed by atoms with Crippen LogP contribution in [0.15, 0.2) is 39.8 Å². The summed E-state index contributed by atoms with van der Waals surface area (Å²) in [7, 11) is -4.81. The van der Waals surface area contributed by atoms with Crippen LogP contribution in [0.2, 0.25) is 0 Å². The molecule has 0 bridgehead atoms. The second kappa shape index (κ2) is 8.09. The molecule has 32 heavy (non-hydrogen) atoms. The number of hydrogen-bond donors (Lipinski definition) is 1. The number of rotatable bonds is 5. The van der Waals surface area contributed by atoms with E-state index in [4.69, 9.17) is 5.14 Å². The Morgan fingerprint density at radius 2 is 1.69 bits per heavy atom. The van der Waals surface area contributed by atoms with E-state index in [1.165, 1.54) is 6.92 Å². The Morgan fingerprint density at radius 3 is 2.16 bits per heavy atom. The van der Waals surface area contributed by atoms with Crippen molar-refractivity contribution in [3.05, 3.63) is 53.3 Å². The molecule has 0 fully saturated rings. The van der Waals surface area contributed by atoms with Crippen LogP contribution >= 0.6 is 0 Å². The molecule has 1 heterocycles. The van der Waals surface area contributed by atoms with E-state index in [-0.39, 0.29) is 16.8 Å². The van der Waals surface area contributed by atoms with Crippen molar-refractivity contribution in [2.24, 2.45) is 5.14 Å². The molecule has 0 amide bonds. The fourth-order valence-electron chi connectivity index (χ4n) is 2.99. The van der Waals surface area contributed by atoms with Crippen molar-refractivity contribution in [1.82, 2.24) is 5.16 Å². The van der Waals surface area contributed by atoms with Crippen molar-refractivity contribution in [2.45, 2.75) is 24.6 Å². The summed E-state index contributed by atoms with van der Waals surface area (Å²) >= 11 is 0. The van der Waals surface area contributed by atoms with Crippen molar-refractivity contribution in [3.63, 3.8) is 0 Å². The number of sulfonamides is 1. The molecule has 172 valence electrons. The second-order valence-electron chi connectivity index (χ2n) is 6.41. The zero-order valence-corrected chi connectivity index (χ0v) is 16.5. The third kappa shape index (κ3) is 4.70. The van der Waals surface area contributed by atoms with Gasteiger partial charge in [-0.3, -0.25) is 0 Å². The van der Waals surface area contributed by atoms with E-state index < -0.39 is 62.0 Å². The minimum absolute atomic E-state index is 0.0125. The molecule has 0 aliphatic carbocycles. The number of halogens is 7. The van der Waals surface area contributed by atoms with Gasteiger partial charge in [-0.2, -0.15) is 0 Å². The van der Waals surface area contributed by atoms with Gasteiger partial charge >= 0.3 is 6.36 Å². The maximum atomic E-state index is 14.3. The largest absolute Gasteiger partial charge is 0.573 e. The van der Waals surface area contributed by atoms with Gasteiger partial charge in [0.25, 0.3) is 6.43 Å². The Bertz CT molecular complexity index is 1260. The fourth-order valence-corrected chi connectivity index (χ4v) is 3.65. The van der Waals surface area contributed by atoms with E-state index in [0.29, 0.717) is 12.1 Å². The van der Waals surface area contributed by atoms with Gasteiger partial charge in [0, 0.05) is 5.56 Å². The highest BCUT2D eigenvalue weighted by molar-refractivity contribution is 7.89. The molecule has 0 radical (unpaired) electrons. The number of nitrogens with two attached hydrogens (primary N) is 1. The average molecular weight is 484 g/mol. The molecule has 2 N–H and O–H groups in total. The van der Waals surface area contributed by atoms with Crippen LogP contribution in [-0.4, -0.2) is 19.9 Å². The van der Waals surface area contributed by atoms with Gasteiger partial charge in [0.1, 0.15) is 23.1 Å². The van der Waals surface area contributed by atoms with Gasteiger partial charge in [-0.15, -0.1) is 13.2 Å². The van der Waals surface area contributed by atoms with Gasteiger partial charge in [-0.05, 0) is 48.4 Å². The highest BCUT2D eigenvalue weighted by Gasteiger charge is 2.32. The standard InChI is InChI=1S/C18H11F7N2O4S/c1-7-4-9(30-18(23,24)25)2-3-10(7)14-13(15(17(21)22)31-27-14)8-5-11(19)16(12(20)6-8)32(26,28)29/h2-6,17H,1H3,(H2,26,28,29). The quantitative estimate of drug-likeness (QED) is 0.510. The zero-order chi connectivity index (χ0) is 24.0. The minimum atomic E-state index is -4.98. The number of alkyl halides is 5. The number of primary sulfonamides is 1. The van der Waals surface area contributed by atoms with Crippen molar-refractivity contribution in [2.75, 3.05) is 0 Å². The highest BCUT2D eigenvalue weighted by Crippen LogP contribution is 2.42. The highest BCUT2D eigenvalue weighted by atomic mass is 32.2. The molecule has 0 atom stereocenters. The molecule has 3 aromatic rings. The summed E-state index contributed by atoms with van der Waals surface area (Å²) in [5, 5.41) is 8.23. The van der Waals surface area contributed by atoms with Crippen molar-refractivity contribution >= 4 is 10.0 Å². The second-order valence-corrected chi connectivity index (χ2v) is 7.91. The van der Waals surface area contributed by atoms with Gasteiger partial charge in [0.2, 0.25) is 15.8 Å². The Morgan fingerprint density at radius 1 is 1.09 bits per heavy atom. The predicted molar refractivity (Wildman–Crippen MR) is 95.0 cm³/mol. The summed E-state index contributed by atoms with van der Waals surface area (Å²) in [6.45, 7) is 1.31. The Balaban J connectivity index is 2.21. The summed E-state index contributed by atoms with van der Waals surface area (Å²) in [6.07, 6.45) is -8.28. The van der Waals surface area contributed by atoms with E-state index in [1.54, 1.807) is 0 Å². The third-order valence-electron chi connectivity index (χ3n) is 4.17. The fraction of sp³-hybridized carbons (Fsp3) is 0.167. The van der Waals surface area contributed by atoms with Crippen LogP contribution in [0, 0.1) is 18.6 Å². The number of nitrogens with zero attached hydrogens (tertiary/aromatic N) is 1. The van der Waals surface area contributed by atoms with E-state index in [1.807, 2.05) is 0 Å². The van der Waals surface area contributed by atoms with Crippen molar-refractivity contribution in [3.8, 4) is 28.1 Å². The molecule has 0 unspecified atom stereocenters. The van der Waals surface area contributed by atoms with Crippen molar-refractivity contribution in [1.29, 1.82) is 0 Å². The molecular weight excluding hydrogens is 473 g/mol. The van der Waals surface area contributed by atoms with Crippen LogP contribution < -0.4 is 9.88 Å². The Kier molecular flexibility index (Phi) is 5.95. The average Bonchev–Trinajstić information content (AvgIpc) is 3.03. The lowest BCUT2D eigenvalue weighted by molar-refractivity contribution is -0.274. The van der Waals surface area contributed by atoms with E-state index in [2.05, 4.69) is 14.4 Å². The monoisotopic (exact) mass is 484 g/mol. The molecule has 14 heteroatoms. The normalized spacial score (nSPS) is 12.4. The molecule has 0 saturated heterocycles. The summed E-state index contributed by atoms with van der Waals surface area (Å²) in [4.78, 5) is -1.47. The maximum Gasteiger partial charge on any atom is 0.573 e. The number of benzene rings is 2. The van der Waals surface area contributed by atoms with E-state index >= 15 is 0 Å². The van der Waals surface area contributed by atoms with Crippen LogP contribution in [0.25, 0.3) is 22.4 Å².